The lowest BCUT2D eigenvalue weighted by Crippen LogP contribution is -1.93. The second kappa shape index (κ2) is 10.2. The molecule has 0 radical (unpaired) electrons. The zero-order valence-electron chi connectivity index (χ0n) is 12.8. The van der Waals surface area contributed by atoms with Gasteiger partial charge in [-0.25, -0.2) is 0 Å². The molecule has 0 aliphatic carbocycles. The highest BCUT2D eigenvalue weighted by Crippen LogP contribution is 2.08. The summed E-state index contributed by atoms with van der Waals surface area (Å²) in [5, 5.41) is 0. The molecule has 0 fully saturated rings. The van der Waals surface area contributed by atoms with Crippen LogP contribution in [-0.2, 0) is 6.42 Å². The third-order valence-corrected chi connectivity index (χ3v) is 1.49. The van der Waals surface area contributed by atoms with Crippen molar-refractivity contribution in [2.24, 2.45) is 5.41 Å². The molecule has 100 valence electrons. The van der Waals surface area contributed by atoms with Crippen molar-refractivity contribution in [1.29, 1.82) is 0 Å². The molecule has 17 heavy (non-hydrogen) atoms. The smallest absolute Gasteiger partial charge is 0.0316 e. The maximum Gasteiger partial charge on any atom is 0.0316 e. The molecule has 1 rings (SSSR count). The number of hydrogen-bond acceptors (Lipinski definition) is 1. The van der Waals surface area contributed by atoms with Gasteiger partial charge in [0.2, 0.25) is 0 Å². The summed E-state index contributed by atoms with van der Waals surface area (Å²) in [6, 6.07) is 8.06. The van der Waals surface area contributed by atoms with Crippen LogP contribution in [0.5, 0.6) is 0 Å². The third kappa shape index (κ3) is 17.6. The number of benzene rings is 1. The lowest BCUT2D eigenvalue weighted by Gasteiger charge is -2.05. The van der Waals surface area contributed by atoms with E-state index in [9.17, 15) is 0 Å². The van der Waals surface area contributed by atoms with Gasteiger partial charge in [-0.2, -0.15) is 0 Å². The van der Waals surface area contributed by atoms with Gasteiger partial charge in [0, 0.05) is 5.69 Å². The molecule has 0 spiro atoms. The van der Waals surface area contributed by atoms with E-state index in [-0.39, 0.29) is 0 Å². The van der Waals surface area contributed by atoms with Gasteiger partial charge in [-0.05, 0) is 29.5 Å². The summed E-state index contributed by atoms with van der Waals surface area (Å²) in [5.74, 6) is 0. The molecule has 0 saturated carbocycles. The van der Waals surface area contributed by atoms with Gasteiger partial charge >= 0.3 is 0 Å². The van der Waals surface area contributed by atoms with Crippen molar-refractivity contribution in [2.75, 3.05) is 5.73 Å². The Balaban J connectivity index is 0. The van der Waals surface area contributed by atoms with E-state index in [0.717, 1.165) is 12.1 Å². The monoisotopic (exact) mass is 237 g/mol. The number of hydrogen-bond donors (Lipinski definition) is 1. The van der Waals surface area contributed by atoms with Gasteiger partial charge < -0.3 is 5.73 Å². The minimum absolute atomic E-state index is 0.500. The van der Waals surface area contributed by atoms with E-state index in [2.05, 4.69) is 40.7 Å². The maximum atomic E-state index is 5.59. The Morgan fingerprint density at radius 1 is 1.06 bits per heavy atom. The lowest BCUT2D eigenvalue weighted by atomic mass is 10.0. The summed E-state index contributed by atoms with van der Waals surface area (Å²) in [5.41, 5.74) is 8.29. The standard InChI is InChI=1S/C9H13N.C5H12.C2H6/c1-2-4-8-5-3-6-9(10)7-8;1-5(2,3)4;1-2/h3,5-7H,2,4,10H2,1H3;1-4H3;1-2H3. The maximum absolute atomic E-state index is 5.59. The van der Waals surface area contributed by atoms with Crippen LogP contribution in [0.1, 0.15) is 60.5 Å². The van der Waals surface area contributed by atoms with Crippen LogP contribution in [-0.4, -0.2) is 0 Å². The van der Waals surface area contributed by atoms with E-state index in [1.165, 1.54) is 12.0 Å². The molecule has 2 N–H and O–H groups in total. The van der Waals surface area contributed by atoms with Crippen LogP contribution < -0.4 is 5.73 Å². The Kier molecular flexibility index (Phi) is 11.0. The van der Waals surface area contributed by atoms with Crippen LogP contribution in [0.3, 0.4) is 0 Å². The van der Waals surface area contributed by atoms with Crippen LogP contribution >= 0.6 is 0 Å². The van der Waals surface area contributed by atoms with Crippen molar-refractivity contribution in [3.8, 4) is 0 Å². The Morgan fingerprint density at radius 2 is 1.53 bits per heavy atom. The molecule has 1 heteroatoms. The molecule has 1 nitrogen and oxygen atoms in total. The molecule has 0 aliphatic heterocycles. The molecule has 1 aromatic carbocycles. The highest BCUT2D eigenvalue weighted by molar-refractivity contribution is 5.40. The third-order valence-electron chi connectivity index (χ3n) is 1.49. The lowest BCUT2D eigenvalue weighted by molar-refractivity contribution is 0.469. The van der Waals surface area contributed by atoms with Crippen molar-refractivity contribution in [3.05, 3.63) is 29.8 Å². The number of nitrogen functional groups attached to an aromatic ring is 1. The van der Waals surface area contributed by atoms with Gasteiger partial charge in [0.15, 0.2) is 0 Å². The number of nitrogens with two attached hydrogens (primary N) is 1. The van der Waals surface area contributed by atoms with Gasteiger partial charge in [0.1, 0.15) is 0 Å². The van der Waals surface area contributed by atoms with Crippen molar-refractivity contribution < 1.29 is 0 Å². The summed E-state index contributed by atoms with van der Waals surface area (Å²) in [7, 11) is 0. The van der Waals surface area contributed by atoms with E-state index >= 15 is 0 Å². The largest absolute Gasteiger partial charge is 0.399 e. The van der Waals surface area contributed by atoms with E-state index in [1.54, 1.807) is 0 Å². The van der Waals surface area contributed by atoms with Gasteiger partial charge in [-0.3, -0.25) is 0 Å². The molecule has 0 amide bonds. The predicted molar refractivity (Wildman–Crippen MR) is 81.3 cm³/mol. The van der Waals surface area contributed by atoms with Gasteiger partial charge in [-0.1, -0.05) is 67.0 Å². The highest BCUT2D eigenvalue weighted by Gasteiger charge is 1.95. The number of anilines is 1. The quantitative estimate of drug-likeness (QED) is 0.694. The normalized spacial score (nSPS) is 9.59. The molecular formula is C16H31N. The fraction of sp³-hybridized carbons (Fsp3) is 0.625. The fourth-order valence-electron chi connectivity index (χ4n) is 1.04. The molecular weight excluding hydrogens is 206 g/mol. The summed E-state index contributed by atoms with van der Waals surface area (Å²) in [4.78, 5) is 0. The SMILES string of the molecule is CC.CC(C)(C)C.CCCc1cccc(N)c1. The van der Waals surface area contributed by atoms with Gasteiger partial charge in [0.05, 0.1) is 0 Å². The predicted octanol–water partition coefficient (Wildman–Crippen LogP) is 5.30. The first-order valence-electron chi connectivity index (χ1n) is 6.67. The Labute approximate surface area is 108 Å². The Hall–Kier alpha value is -0.980. The second-order valence-electron chi connectivity index (χ2n) is 5.50. The number of aryl methyl sites for hydroxylation is 1. The zero-order valence-corrected chi connectivity index (χ0v) is 12.8. The van der Waals surface area contributed by atoms with Crippen LogP contribution in [0.2, 0.25) is 0 Å². The summed E-state index contributed by atoms with van der Waals surface area (Å²) in [6.45, 7) is 14.9. The zero-order chi connectivity index (χ0) is 13.9. The summed E-state index contributed by atoms with van der Waals surface area (Å²) in [6.07, 6.45) is 2.31. The first kappa shape index (κ1) is 18.4. The second-order valence-corrected chi connectivity index (χ2v) is 5.50. The van der Waals surface area contributed by atoms with Crippen LogP contribution in [0, 0.1) is 5.41 Å². The van der Waals surface area contributed by atoms with E-state index in [1.807, 2.05) is 32.0 Å². The molecule has 1 aromatic rings. The first-order chi connectivity index (χ1) is 7.83. The first-order valence-corrected chi connectivity index (χ1v) is 6.67. The van der Waals surface area contributed by atoms with Crippen molar-refractivity contribution in [1.82, 2.24) is 0 Å². The van der Waals surface area contributed by atoms with E-state index in [0.29, 0.717) is 5.41 Å². The van der Waals surface area contributed by atoms with Crippen LogP contribution in [0.4, 0.5) is 5.69 Å². The minimum Gasteiger partial charge on any atom is -0.399 e. The average Bonchev–Trinajstić information content (AvgIpc) is 2.19. The Morgan fingerprint density at radius 3 is 1.88 bits per heavy atom. The average molecular weight is 237 g/mol. The molecule has 0 aromatic heterocycles. The topological polar surface area (TPSA) is 26.0 Å². The molecule has 0 bridgehead atoms. The van der Waals surface area contributed by atoms with Crippen molar-refractivity contribution in [3.63, 3.8) is 0 Å². The molecule has 0 atom stereocenters. The molecule has 0 heterocycles. The Bertz CT molecular complexity index is 265. The summed E-state index contributed by atoms with van der Waals surface area (Å²) >= 11 is 0. The highest BCUT2D eigenvalue weighted by atomic mass is 14.5. The van der Waals surface area contributed by atoms with Crippen LogP contribution in [0.15, 0.2) is 24.3 Å². The molecule has 0 unspecified atom stereocenters. The van der Waals surface area contributed by atoms with Crippen molar-refractivity contribution in [2.45, 2.75) is 61.3 Å². The number of rotatable bonds is 2. The van der Waals surface area contributed by atoms with Gasteiger partial charge in [0.25, 0.3) is 0 Å². The van der Waals surface area contributed by atoms with Gasteiger partial charge in [-0.15, -0.1) is 0 Å². The van der Waals surface area contributed by atoms with Crippen LogP contribution in [0.25, 0.3) is 0 Å². The van der Waals surface area contributed by atoms with E-state index in [4.69, 9.17) is 5.73 Å². The fourth-order valence-corrected chi connectivity index (χ4v) is 1.04. The minimum atomic E-state index is 0.500. The summed E-state index contributed by atoms with van der Waals surface area (Å²) < 4.78 is 0. The van der Waals surface area contributed by atoms with Crippen molar-refractivity contribution >= 4 is 5.69 Å². The molecule has 0 saturated heterocycles. The van der Waals surface area contributed by atoms with E-state index < -0.39 is 0 Å². The molecule has 0 aliphatic rings.